The van der Waals surface area contributed by atoms with Crippen LogP contribution in [0, 0.1) is 0 Å². The van der Waals surface area contributed by atoms with Crippen LogP contribution in [0.4, 0.5) is 9.59 Å². The molecule has 17 heavy (non-hydrogen) atoms. The highest BCUT2D eigenvalue weighted by Crippen LogP contribution is 2.16. The van der Waals surface area contributed by atoms with Crippen molar-refractivity contribution >= 4 is 40.5 Å². The third-order valence-electron chi connectivity index (χ3n) is 1.33. The molecule has 0 aliphatic carbocycles. The average Bonchev–Trinajstić information content (AvgIpc) is 2.16. The normalized spacial score (nSPS) is 8.59. The van der Waals surface area contributed by atoms with Gasteiger partial charge >= 0.3 is 12.1 Å². The van der Waals surface area contributed by atoms with Crippen LogP contribution in [-0.2, 0) is 0 Å². The van der Waals surface area contributed by atoms with E-state index in [1.165, 1.54) is 0 Å². The Balaban J connectivity index is 0.000000325. The van der Waals surface area contributed by atoms with E-state index >= 15 is 0 Å². The number of amides is 4. The number of nitrogens with two attached hydrogens (primary N) is 2. The Bertz CT molecular complexity index is 425. The van der Waals surface area contributed by atoms with Crippen LogP contribution >= 0.6 is 23.2 Å². The van der Waals surface area contributed by atoms with Gasteiger partial charge in [-0.1, -0.05) is 23.7 Å². The van der Waals surface area contributed by atoms with Gasteiger partial charge in [-0.3, -0.25) is 10.1 Å². The third-order valence-corrected chi connectivity index (χ3v) is 1.87. The molecule has 0 spiro atoms. The van der Waals surface area contributed by atoms with E-state index in [2.05, 4.69) is 11.5 Å². The number of nitrogens with one attached hydrogen (secondary N) is 1. The first-order valence-electron chi connectivity index (χ1n) is 4.15. The number of imide groups is 1. The van der Waals surface area contributed by atoms with Gasteiger partial charge < -0.3 is 11.5 Å². The summed E-state index contributed by atoms with van der Waals surface area (Å²) in [5.74, 6) is 0. The summed E-state index contributed by atoms with van der Waals surface area (Å²) in [5.41, 5.74) is 9.24. The molecular formula is C9H9Cl2N3O3. The lowest BCUT2D eigenvalue weighted by atomic mass is 10.2. The monoisotopic (exact) mass is 277 g/mol. The Morgan fingerprint density at radius 2 is 1.53 bits per heavy atom. The maximum Gasteiger partial charge on any atom is 0.320 e. The molecule has 0 saturated carbocycles. The fourth-order valence-corrected chi connectivity index (χ4v) is 1.18. The zero-order chi connectivity index (χ0) is 13.4. The number of benzene rings is 1. The summed E-state index contributed by atoms with van der Waals surface area (Å²) in [6.45, 7) is 0. The van der Waals surface area contributed by atoms with Crippen molar-refractivity contribution < 1.29 is 14.4 Å². The van der Waals surface area contributed by atoms with E-state index in [0.29, 0.717) is 10.6 Å². The van der Waals surface area contributed by atoms with Crippen LogP contribution in [0.3, 0.4) is 0 Å². The number of carbonyl (C=O) groups excluding carboxylic acids is 3. The zero-order valence-electron chi connectivity index (χ0n) is 8.44. The molecule has 1 aromatic carbocycles. The van der Waals surface area contributed by atoms with Crippen LogP contribution in [0.5, 0.6) is 0 Å². The maximum atomic E-state index is 10.5. The lowest BCUT2D eigenvalue weighted by Gasteiger charge is -1.93. The molecule has 0 bridgehead atoms. The molecule has 0 fully saturated rings. The smallest absolute Gasteiger partial charge is 0.320 e. The number of halogens is 2. The molecule has 0 aromatic heterocycles. The van der Waals surface area contributed by atoms with E-state index in [4.69, 9.17) is 23.2 Å². The molecule has 4 amide bonds. The number of carbonyl (C=O) groups is 3. The van der Waals surface area contributed by atoms with Gasteiger partial charge in [0.2, 0.25) is 0 Å². The number of hydrogen-bond donors (Lipinski definition) is 3. The van der Waals surface area contributed by atoms with Gasteiger partial charge in [0.05, 0.1) is 10.6 Å². The molecule has 0 atom stereocenters. The van der Waals surface area contributed by atoms with E-state index in [-0.39, 0.29) is 0 Å². The summed E-state index contributed by atoms with van der Waals surface area (Å²) in [5, 5.41) is 1.45. The average molecular weight is 278 g/mol. The second-order valence-electron chi connectivity index (χ2n) is 2.61. The largest absolute Gasteiger partial charge is 0.351 e. The second-order valence-corrected chi connectivity index (χ2v) is 3.36. The van der Waals surface area contributed by atoms with Gasteiger partial charge in [-0.2, -0.15) is 0 Å². The van der Waals surface area contributed by atoms with Gasteiger partial charge in [-0.25, -0.2) is 9.59 Å². The summed E-state index contributed by atoms with van der Waals surface area (Å²) in [6.07, 6.45) is 0. The Kier molecular flexibility index (Phi) is 6.69. The fraction of sp³-hybridized carbons (Fsp3) is 0. The number of primary amides is 2. The highest BCUT2D eigenvalue weighted by atomic mass is 35.5. The van der Waals surface area contributed by atoms with Crippen LogP contribution < -0.4 is 16.8 Å². The third kappa shape index (κ3) is 7.15. The van der Waals surface area contributed by atoms with Crippen LogP contribution in [0.25, 0.3) is 0 Å². The first kappa shape index (κ1) is 15.2. The molecule has 0 heterocycles. The van der Waals surface area contributed by atoms with Gasteiger partial charge in [-0.05, 0) is 23.7 Å². The Labute approximate surface area is 107 Å². The summed E-state index contributed by atoms with van der Waals surface area (Å²) in [7, 11) is 0. The van der Waals surface area contributed by atoms with Crippen molar-refractivity contribution in [3.8, 4) is 0 Å². The standard InChI is InChI=1S/C7H4Cl2O.C2H5N3O2/c8-6-4-2-1-3-5(6)7(9)10;3-1(6)5-2(4)7/h1-4H;(H5,3,4,5,6,7). The van der Waals surface area contributed by atoms with E-state index in [1.807, 2.05) is 0 Å². The zero-order valence-corrected chi connectivity index (χ0v) is 9.96. The molecule has 0 aliphatic rings. The van der Waals surface area contributed by atoms with Gasteiger partial charge in [0.15, 0.2) is 0 Å². The topological polar surface area (TPSA) is 115 Å². The van der Waals surface area contributed by atoms with Gasteiger partial charge in [0, 0.05) is 0 Å². The lowest BCUT2D eigenvalue weighted by Crippen LogP contribution is -2.38. The summed E-state index contributed by atoms with van der Waals surface area (Å²) in [6, 6.07) is 4.78. The van der Waals surface area contributed by atoms with E-state index in [1.54, 1.807) is 29.6 Å². The summed E-state index contributed by atoms with van der Waals surface area (Å²) < 4.78 is 0. The maximum absolute atomic E-state index is 10.5. The van der Waals surface area contributed by atoms with Crippen molar-refractivity contribution in [2.75, 3.05) is 0 Å². The molecule has 8 heteroatoms. The van der Waals surface area contributed by atoms with Crippen molar-refractivity contribution in [2.24, 2.45) is 11.5 Å². The second kappa shape index (κ2) is 7.48. The highest BCUT2D eigenvalue weighted by molar-refractivity contribution is 6.68. The Morgan fingerprint density at radius 3 is 1.76 bits per heavy atom. The van der Waals surface area contributed by atoms with E-state index in [0.717, 1.165) is 0 Å². The van der Waals surface area contributed by atoms with Crippen molar-refractivity contribution in [3.05, 3.63) is 34.9 Å². The molecule has 92 valence electrons. The summed E-state index contributed by atoms with van der Waals surface area (Å²) in [4.78, 5) is 29.8. The molecule has 0 aliphatic heterocycles. The molecule has 0 radical (unpaired) electrons. The van der Waals surface area contributed by atoms with Crippen molar-refractivity contribution in [3.63, 3.8) is 0 Å². The van der Waals surface area contributed by atoms with Crippen molar-refractivity contribution in [1.82, 2.24) is 5.32 Å². The van der Waals surface area contributed by atoms with Crippen LogP contribution in [0.1, 0.15) is 10.4 Å². The van der Waals surface area contributed by atoms with Crippen molar-refractivity contribution in [1.29, 1.82) is 0 Å². The first-order valence-corrected chi connectivity index (χ1v) is 4.90. The Morgan fingerprint density at radius 1 is 1.06 bits per heavy atom. The van der Waals surface area contributed by atoms with Crippen LogP contribution in [0.2, 0.25) is 5.02 Å². The molecule has 6 nitrogen and oxygen atoms in total. The van der Waals surface area contributed by atoms with Crippen molar-refractivity contribution in [2.45, 2.75) is 0 Å². The number of hydrogen-bond acceptors (Lipinski definition) is 3. The van der Waals surface area contributed by atoms with E-state index < -0.39 is 17.3 Å². The number of rotatable bonds is 1. The molecule has 1 rings (SSSR count). The molecule has 0 unspecified atom stereocenters. The quantitative estimate of drug-likeness (QED) is 0.675. The predicted octanol–water partition coefficient (Wildman–Crippen LogP) is 1.45. The molecule has 1 aromatic rings. The lowest BCUT2D eigenvalue weighted by molar-refractivity contribution is 0.108. The van der Waals surface area contributed by atoms with Gasteiger partial charge in [0.1, 0.15) is 0 Å². The van der Waals surface area contributed by atoms with Crippen LogP contribution in [-0.4, -0.2) is 17.3 Å². The predicted molar refractivity (Wildman–Crippen MR) is 63.9 cm³/mol. The fourth-order valence-electron chi connectivity index (χ4n) is 0.742. The summed E-state index contributed by atoms with van der Waals surface area (Å²) >= 11 is 10.8. The SMILES string of the molecule is NC(=O)NC(N)=O.O=C(Cl)c1ccccc1Cl. The van der Waals surface area contributed by atoms with E-state index in [9.17, 15) is 14.4 Å². The van der Waals surface area contributed by atoms with Crippen LogP contribution in [0.15, 0.2) is 24.3 Å². The highest BCUT2D eigenvalue weighted by Gasteiger charge is 2.04. The minimum absolute atomic E-state index is 0.353. The molecular weight excluding hydrogens is 269 g/mol. The first-order chi connectivity index (χ1) is 7.84. The molecule has 0 saturated heterocycles. The minimum atomic E-state index is -0.938. The Hall–Kier alpha value is -1.79. The molecule has 5 N–H and O–H groups in total. The van der Waals surface area contributed by atoms with Gasteiger partial charge in [0.25, 0.3) is 5.24 Å². The minimum Gasteiger partial charge on any atom is -0.351 e. The number of urea groups is 2. The van der Waals surface area contributed by atoms with Gasteiger partial charge in [-0.15, -0.1) is 0 Å².